The number of carboxylic acid groups (broad SMARTS) is 1. The van der Waals surface area contributed by atoms with E-state index in [2.05, 4.69) is 4.89 Å². The largest absolute Gasteiger partial charge is 0.481 e. The molecule has 0 aromatic heterocycles. The molecule has 0 aliphatic heterocycles. The van der Waals surface area contributed by atoms with Crippen molar-refractivity contribution in [3.8, 4) is 0 Å². The Morgan fingerprint density at radius 1 is 0.514 bits per heavy atom. The first kappa shape index (κ1) is 35.9. The summed E-state index contributed by atoms with van der Waals surface area (Å²) in [5.74, 6) is -1.64. The molecule has 0 aromatic carbocycles. The van der Waals surface area contributed by atoms with Gasteiger partial charge in [-0.1, -0.05) is 77.0 Å². The van der Waals surface area contributed by atoms with Gasteiger partial charge in [0.1, 0.15) is 0 Å². The molecule has 0 aliphatic rings. The average molecular weight is 549 g/mol. The van der Waals surface area contributed by atoms with Crippen LogP contribution in [0.2, 0.25) is 0 Å². The van der Waals surface area contributed by atoms with Gasteiger partial charge in [-0.05, 0) is 25.7 Å². The van der Waals surface area contributed by atoms with Crippen molar-refractivity contribution in [2.75, 3.05) is 11.5 Å². The fourth-order valence-corrected chi connectivity index (χ4v) is 4.42. The molecule has 11 nitrogen and oxygen atoms in total. The van der Waals surface area contributed by atoms with Gasteiger partial charge in [-0.25, -0.2) is 4.79 Å². The Kier molecular flexibility index (Phi) is 23.7. The van der Waals surface area contributed by atoms with E-state index in [1.807, 2.05) is 0 Å². The van der Waals surface area contributed by atoms with E-state index in [0.717, 1.165) is 83.5 Å². The zero-order chi connectivity index (χ0) is 27.0. The fraction of sp³-hybridized carbons (Fsp3) is 0.909. The van der Waals surface area contributed by atoms with E-state index in [-0.39, 0.29) is 24.3 Å². The van der Waals surface area contributed by atoms with Crippen molar-refractivity contribution in [1.82, 2.24) is 0 Å². The average Bonchev–Trinajstić information content (AvgIpc) is 2.74. The van der Waals surface area contributed by atoms with Gasteiger partial charge in [-0.15, -0.1) is 0 Å². The summed E-state index contributed by atoms with van der Waals surface area (Å²) in [4.78, 5) is 24.3. The van der Waals surface area contributed by atoms with Crippen molar-refractivity contribution in [2.45, 2.75) is 116 Å². The van der Waals surface area contributed by atoms with Crippen LogP contribution in [0.4, 0.5) is 0 Å². The van der Waals surface area contributed by atoms with Gasteiger partial charge >= 0.3 is 11.9 Å². The van der Waals surface area contributed by atoms with E-state index in [0.29, 0.717) is 19.3 Å². The molecule has 4 N–H and O–H groups in total. The lowest BCUT2D eigenvalue weighted by atomic mass is 10.1. The summed E-state index contributed by atoms with van der Waals surface area (Å²) < 4.78 is 58.6. The molecule has 0 fully saturated rings. The quantitative estimate of drug-likeness (QED) is 0.0624. The molecule has 0 unspecified atom stereocenters. The van der Waals surface area contributed by atoms with E-state index in [9.17, 15) is 26.4 Å². The van der Waals surface area contributed by atoms with Gasteiger partial charge in [0, 0.05) is 12.8 Å². The van der Waals surface area contributed by atoms with E-state index in [1.165, 1.54) is 0 Å². The summed E-state index contributed by atoms with van der Waals surface area (Å²) in [6.45, 7) is 0. The number of rotatable bonds is 22. The molecule has 210 valence electrons. The standard InChI is InChI=1S/C11H22O6S.C11H22O5S/c12-11(17-13)9-7-5-3-1-2-4-6-8-10-18(14,15)16;12-11(13)9-7-5-3-1-2-4-6-8-10-17(14,15)16/h13H,1-10H2,(H,14,15,16);1-10H2,(H,12,13)(H,14,15,16). The van der Waals surface area contributed by atoms with Gasteiger partial charge in [-0.2, -0.15) is 22.1 Å². The number of hydrogen-bond donors (Lipinski definition) is 4. The highest BCUT2D eigenvalue weighted by Gasteiger charge is 2.04. The summed E-state index contributed by atoms with van der Waals surface area (Å²) in [7, 11) is -7.60. The molecule has 0 rings (SSSR count). The maximum atomic E-state index is 10.6. The van der Waals surface area contributed by atoms with Crippen LogP contribution in [0, 0.1) is 0 Å². The molecule has 0 amide bonds. The number of carbonyl (C=O) groups is 2. The van der Waals surface area contributed by atoms with Crippen LogP contribution in [0.1, 0.15) is 116 Å². The first-order chi connectivity index (χ1) is 16.4. The maximum absolute atomic E-state index is 10.6. The van der Waals surface area contributed by atoms with E-state index >= 15 is 0 Å². The highest BCUT2D eigenvalue weighted by Crippen LogP contribution is 2.11. The van der Waals surface area contributed by atoms with Gasteiger partial charge in [0.05, 0.1) is 11.5 Å². The third kappa shape index (κ3) is 37.4. The van der Waals surface area contributed by atoms with Gasteiger partial charge in [0.2, 0.25) is 0 Å². The molecular weight excluding hydrogens is 504 g/mol. The Morgan fingerprint density at radius 3 is 1.09 bits per heavy atom. The molecule has 0 atom stereocenters. The fourth-order valence-electron chi connectivity index (χ4n) is 3.28. The zero-order valence-corrected chi connectivity index (χ0v) is 22.2. The van der Waals surface area contributed by atoms with Crippen molar-refractivity contribution in [3.63, 3.8) is 0 Å². The van der Waals surface area contributed by atoms with Crippen molar-refractivity contribution < 1.29 is 50.8 Å². The van der Waals surface area contributed by atoms with Gasteiger partial charge < -0.3 is 9.99 Å². The smallest absolute Gasteiger partial charge is 0.342 e. The minimum absolute atomic E-state index is 0.147. The molecule has 0 aliphatic carbocycles. The SMILES string of the molecule is O=C(CCCCCCCCCCS(=O)(=O)O)OO.O=C(O)CCCCCCCCCCS(=O)(=O)O. The number of unbranched alkanes of at least 4 members (excludes halogenated alkanes) is 14. The monoisotopic (exact) mass is 548 g/mol. The Labute approximate surface area is 210 Å². The summed E-state index contributed by atoms with van der Waals surface area (Å²) in [5.41, 5.74) is 0. The second-order valence-electron chi connectivity index (χ2n) is 8.59. The molecule has 0 spiro atoms. The highest BCUT2D eigenvalue weighted by molar-refractivity contribution is 7.86. The third-order valence-electron chi connectivity index (χ3n) is 5.18. The molecule has 35 heavy (non-hydrogen) atoms. The number of hydrogen-bond acceptors (Lipinski definition) is 8. The van der Waals surface area contributed by atoms with E-state index < -0.39 is 32.2 Å². The van der Waals surface area contributed by atoms with Crippen LogP contribution in [-0.4, -0.2) is 59.7 Å². The van der Waals surface area contributed by atoms with Crippen LogP contribution in [0.15, 0.2) is 0 Å². The molecular formula is C22H44O11S2. The minimum atomic E-state index is -3.80. The second-order valence-corrected chi connectivity index (χ2v) is 11.7. The lowest BCUT2D eigenvalue weighted by Gasteiger charge is -2.01. The third-order valence-corrected chi connectivity index (χ3v) is 6.79. The van der Waals surface area contributed by atoms with Crippen molar-refractivity contribution in [1.29, 1.82) is 0 Å². The summed E-state index contributed by atoms with van der Waals surface area (Å²) in [6, 6.07) is 0. The van der Waals surface area contributed by atoms with Crippen molar-refractivity contribution in [2.24, 2.45) is 0 Å². The summed E-state index contributed by atoms with van der Waals surface area (Å²) in [5, 5.41) is 16.4. The molecule has 13 heteroatoms. The van der Waals surface area contributed by atoms with Gasteiger partial charge in [0.25, 0.3) is 20.2 Å². The maximum Gasteiger partial charge on any atom is 0.342 e. The Morgan fingerprint density at radius 2 is 0.800 bits per heavy atom. The topological polar surface area (TPSA) is 193 Å². The molecule has 0 bridgehead atoms. The Hall–Kier alpha value is -1.28. The lowest BCUT2D eigenvalue weighted by Crippen LogP contribution is -2.03. The summed E-state index contributed by atoms with van der Waals surface area (Å²) in [6.07, 6.45) is 14.5. The number of aliphatic carboxylic acids is 1. The normalized spacial score (nSPS) is 11.5. The highest BCUT2D eigenvalue weighted by atomic mass is 32.2. The van der Waals surface area contributed by atoms with Gasteiger partial charge in [-0.3, -0.25) is 13.9 Å². The predicted octanol–water partition coefficient (Wildman–Crippen LogP) is 4.87. The van der Waals surface area contributed by atoms with Crippen molar-refractivity contribution >= 4 is 32.2 Å². The predicted molar refractivity (Wildman–Crippen MR) is 132 cm³/mol. The molecule has 0 radical (unpaired) electrons. The molecule has 0 heterocycles. The van der Waals surface area contributed by atoms with Crippen molar-refractivity contribution in [3.05, 3.63) is 0 Å². The first-order valence-corrected chi connectivity index (χ1v) is 15.6. The van der Waals surface area contributed by atoms with E-state index in [4.69, 9.17) is 19.5 Å². The van der Waals surface area contributed by atoms with Crippen LogP contribution < -0.4 is 0 Å². The van der Waals surface area contributed by atoms with Crippen LogP contribution >= 0.6 is 0 Å². The van der Waals surface area contributed by atoms with Crippen LogP contribution in [0.5, 0.6) is 0 Å². The van der Waals surface area contributed by atoms with Gasteiger partial charge in [0.15, 0.2) is 0 Å². The Bertz CT molecular complexity index is 735. The van der Waals surface area contributed by atoms with E-state index in [1.54, 1.807) is 0 Å². The second kappa shape index (κ2) is 23.1. The van der Waals surface area contributed by atoms with Crippen LogP contribution in [-0.2, 0) is 34.7 Å². The molecule has 0 saturated carbocycles. The summed E-state index contributed by atoms with van der Waals surface area (Å²) >= 11 is 0. The number of carboxylic acids is 1. The minimum Gasteiger partial charge on any atom is -0.481 e. The first-order valence-electron chi connectivity index (χ1n) is 12.3. The van der Waals surface area contributed by atoms with Crippen LogP contribution in [0.25, 0.3) is 0 Å². The molecule has 0 saturated heterocycles. The Balaban J connectivity index is 0. The molecule has 0 aromatic rings. The zero-order valence-electron chi connectivity index (χ0n) is 20.6. The number of carbonyl (C=O) groups excluding carboxylic acids is 1. The van der Waals surface area contributed by atoms with Crippen LogP contribution in [0.3, 0.4) is 0 Å². The lowest BCUT2D eigenvalue weighted by molar-refractivity contribution is -0.234.